The number of carbonyl (C=O) groups excluding carboxylic acids is 1. The lowest BCUT2D eigenvalue weighted by molar-refractivity contribution is -0.143. The van der Waals surface area contributed by atoms with Crippen molar-refractivity contribution in [3.05, 3.63) is 29.8 Å². The highest BCUT2D eigenvalue weighted by atomic mass is 16.5. The Morgan fingerprint density at radius 3 is 2.71 bits per heavy atom. The van der Waals surface area contributed by atoms with Gasteiger partial charge in [0.25, 0.3) is 5.91 Å². The number of benzene rings is 1. The molecule has 0 saturated heterocycles. The van der Waals surface area contributed by atoms with Crippen LogP contribution < -0.4 is 4.74 Å². The van der Waals surface area contributed by atoms with Gasteiger partial charge in [-0.2, -0.15) is 0 Å². The molecule has 116 valence electrons. The summed E-state index contributed by atoms with van der Waals surface area (Å²) < 4.78 is 10.6. The zero-order valence-corrected chi connectivity index (χ0v) is 12.5. The summed E-state index contributed by atoms with van der Waals surface area (Å²) in [6.45, 7) is 2.11. The molecule has 0 aromatic heterocycles. The second-order valence-corrected chi connectivity index (χ2v) is 4.71. The van der Waals surface area contributed by atoms with Crippen molar-refractivity contribution in [3.8, 4) is 5.75 Å². The van der Waals surface area contributed by atoms with Crippen molar-refractivity contribution in [1.82, 2.24) is 4.90 Å². The van der Waals surface area contributed by atoms with Gasteiger partial charge in [-0.15, -0.1) is 0 Å². The van der Waals surface area contributed by atoms with Gasteiger partial charge >= 0.3 is 5.97 Å². The van der Waals surface area contributed by atoms with Gasteiger partial charge in [0.05, 0.1) is 20.1 Å². The van der Waals surface area contributed by atoms with E-state index in [9.17, 15) is 9.59 Å². The Morgan fingerprint density at radius 1 is 1.38 bits per heavy atom. The monoisotopic (exact) mass is 295 g/mol. The molecule has 6 heteroatoms. The SMILES string of the molecule is COc1cccc(COC(C)C(=O)N(C)CCC(=O)O)c1. The number of carboxylic acids is 1. The number of methoxy groups -OCH3 is 1. The van der Waals surface area contributed by atoms with Crippen LogP contribution in [0.5, 0.6) is 5.75 Å². The predicted molar refractivity (Wildman–Crippen MR) is 77.1 cm³/mol. The minimum Gasteiger partial charge on any atom is -0.497 e. The number of nitrogens with zero attached hydrogens (tertiary/aromatic N) is 1. The van der Waals surface area contributed by atoms with Gasteiger partial charge in [-0.05, 0) is 24.6 Å². The molecular weight excluding hydrogens is 274 g/mol. The summed E-state index contributed by atoms with van der Waals surface area (Å²) in [6.07, 6.45) is -0.708. The van der Waals surface area contributed by atoms with Gasteiger partial charge in [-0.3, -0.25) is 9.59 Å². The minimum atomic E-state index is -0.931. The average molecular weight is 295 g/mol. The van der Waals surface area contributed by atoms with E-state index in [2.05, 4.69) is 0 Å². The van der Waals surface area contributed by atoms with E-state index in [1.807, 2.05) is 24.3 Å². The average Bonchev–Trinajstić information content (AvgIpc) is 2.49. The topological polar surface area (TPSA) is 76.1 Å². The fourth-order valence-corrected chi connectivity index (χ4v) is 1.74. The van der Waals surface area contributed by atoms with E-state index in [1.54, 1.807) is 21.1 Å². The maximum atomic E-state index is 12.0. The van der Waals surface area contributed by atoms with E-state index in [1.165, 1.54) is 4.90 Å². The first-order valence-electron chi connectivity index (χ1n) is 6.65. The molecule has 0 saturated carbocycles. The Hall–Kier alpha value is -2.08. The van der Waals surface area contributed by atoms with E-state index >= 15 is 0 Å². The molecule has 0 aliphatic heterocycles. The predicted octanol–water partition coefficient (Wildman–Crippen LogP) is 1.53. The molecule has 0 spiro atoms. The number of aliphatic carboxylic acids is 1. The molecule has 1 atom stereocenters. The normalized spacial score (nSPS) is 11.8. The molecule has 1 aromatic rings. The summed E-state index contributed by atoms with van der Waals surface area (Å²) >= 11 is 0. The minimum absolute atomic E-state index is 0.0785. The molecule has 6 nitrogen and oxygen atoms in total. The molecule has 0 fully saturated rings. The molecule has 1 unspecified atom stereocenters. The number of rotatable bonds is 8. The first kappa shape index (κ1) is 17.0. The number of ether oxygens (including phenoxy) is 2. The fraction of sp³-hybridized carbons (Fsp3) is 0.467. The van der Waals surface area contributed by atoms with E-state index < -0.39 is 12.1 Å². The van der Waals surface area contributed by atoms with Crippen molar-refractivity contribution >= 4 is 11.9 Å². The van der Waals surface area contributed by atoms with Gasteiger partial charge < -0.3 is 19.5 Å². The molecule has 0 aliphatic rings. The third-order valence-electron chi connectivity index (χ3n) is 3.02. The lowest BCUT2D eigenvalue weighted by Gasteiger charge is -2.21. The molecule has 21 heavy (non-hydrogen) atoms. The van der Waals surface area contributed by atoms with E-state index in [4.69, 9.17) is 14.6 Å². The number of carbonyl (C=O) groups is 2. The van der Waals surface area contributed by atoms with E-state index in [-0.39, 0.29) is 25.5 Å². The third-order valence-corrected chi connectivity index (χ3v) is 3.02. The molecule has 0 aliphatic carbocycles. The first-order valence-corrected chi connectivity index (χ1v) is 6.65. The fourth-order valence-electron chi connectivity index (χ4n) is 1.74. The number of likely N-dealkylation sites (N-methyl/N-ethyl adjacent to an activating group) is 1. The van der Waals surface area contributed by atoms with Crippen molar-refractivity contribution < 1.29 is 24.2 Å². The highest BCUT2D eigenvalue weighted by molar-refractivity contribution is 5.80. The summed E-state index contributed by atoms with van der Waals surface area (Å²) in [4.78, 5) is 23.8. The van der Waals surface area contributed by atoms with Crippen LogP contribution in [0.25, 0.3) is 0 Å². The van der Waals surface area contributed by atoms with Crippen LogP contribution in [0.1, 0.15) is 18.9 Å². The van der Waals surface area contributed by atoms with Crippen LogP contribution in [0, 0.1) is 0 Å². The maximum absolute atomic E-state index is 12.0. The van der Waals surface area contributed by atoms with Gasteiger partial charge in [-0.1, -0.05) is 12.1 Å². The number of carboxylic acid groups (broad SMARTS) is 1. The van der Waals surface area contributed by atoms with Gasteiger partial charge in [0, 0.05) is 13.6 Å². The van der Waals surface area contributed by atoms with Crippen LogP contribution in [0.15, 0.2) is 24.3 Å². The Balaban J connectivity index is 2.46. The van der Waals surface area contributed by atoms with Crippen molar-refractivity contribution in [2.45, 2.75) is 26.1 Å². The molecule has 1 N–H and O–H groups in total. The smallest absolute Gasteiger partial charge is 0.305 e. The first-order chi connectivity index (χ1) is 9.93. The zero-order valence-electron chi connectivity index (χ0n) is 12.5. The number of amides is 1. The second-order valence-electron chi connectivity index (χ2n) is 4.71. The van der Waals surface area contributed by atoms with Crippen LogP contribution in [0.2, 0.25) is 0 Å². The third kappa shape index (κ3) is 5.83. The Kier molecular flexibility index (Phi) is 6.68. The van der Waals surface area contributed by atoms with E-state index in [0.29, 0.717) is 0 Å². The molecule has 1 rings (SSSR count). The lowest BCUT2D eigenvalue weighted by atomic mass is 10.2. The van der Waals surface area contributed by atoms with Gasteiger partial charge in [0.2, 0.25) is 0 Å². The molecule has 0 bridgehead atoms. The lowest BCUT2D eigenvalue weighted by Crippen LogP contribution is -2.37. The van der Waals surface area contributed by atoms with E-state index in [0.717, 1.165) is 11.3 Å². The van der Waals surface area contributed by atoms with Gasteiger partial charge in [0.15, 0.2) is 0 Å². The summed E-state index contributed by atoms with van der Waals surface area (Å²) in [7, 11) is 3.15. The maximum Gasteiger partial charge on any atom is 0.305 e. The van der Waals surface area contributed by atoms with Gasteiger partial charge in [-0.25, -0.2) is 0 Å². The molecule has 0 radical (unpaired) electrons. The summed E-state index contributed by atoms with van der Waals surface area (Å²) in [5, 5.41) is 8.60. The van der Waals surface area contributed by atoms with Crippen molar-refractivity contribution in [1.29, 1.82) is 0 Å². The molecule has 1 aromatic carbocycles. The Morgan fingerprint density at radius 2 is 2.10 bits per heavy atom. The zero-order chi connectivity index (χ0) is 15.8. The summed E-state index contributed by atoms with van der Waals surface area (Å²) in [6, 6.07) is 7.40. The van der Waals surface area contributed by atoms with Crippen LogP contribution in [-0.2, 0) is 20.9 Å². The van der Waals surface area contributed by atoms with Crippen LogP contribution in [0.3, 0.4) is 0 Å². The largest absolute Gasteiger partial charge is 0.497 e. The van der Waals surface area contributed by atoms with Gasteiger partial charge in [0.1, 0.15) is 11.9 Å². The summed E-state index contributed by atoms with van der Waals surface area (Å²) in [5.41, 5.74) is 0.905. The number of hydrogen-bond acceptors (Lipinski definition) is 4. The van der Waals surface area contributed by atoms with Crippen molar-refractivity contribution in [2.75, 3.05) is 20.7 Å². The number of hydrogen-bond donors (Lipinski definition) is 1. The quantitative estimate of drug-likeness (QED) is 0.787. The highest BCUT2D eigenvalue weighted by Gasteiger charge is 2.18. The van der Waals surface area contributed by atoms with Crippen LogP contribution in [0.4, 0.5) is 0 Å². The summed E-state index contributed by atoms with van der Waals surface area (Å²) in [5.74, 6) is -0.438. The Bertz CT molecular complexity index is 489. The molecule has 0 heterocycles. The van der Waals surface area contributed by atoms with Crippen molar-refractivity contribution in [3.63, 3.8) is 0 Å². The molecule has 1 amide bonds. The highest BCUT2D eigenvalue weighted by Crippen LogP contribution is 2.14. The van der Waals surface area contributed by atoms with Crippen LogP contribution in [-0.4, -0.2) is 48.7 Å². The second kappa shape index (κ2) is 8.26. The Labute approximate surface area is 124 Å². The van der Waals surface area contributed by atoms with Crippen LogP contribution >= 0.6 is 0 Å². The van der Waals surface area contributed by atoms with Crippen molar-refractivity contribution in [2.24, 2.45) is 0 Å². The molecular formula is C15H21NO5. The standard InChI is InChI=1S/C15H21NO5/c1-11(15(19)16(2)8-7-14(17)18)21-10-12-5-4-6-13(9-12)20-3/h4-6,9,11H,7-8,10H2,1-3H3,(H,17,18).